The third-order valence-corrected chi connectivity index (χ3v) is 7.50. The lowest BCUT2D eigenvalue weighted by Gasteiger charge is -2.42. The molecule has 202 valence electrons. The van der Waals surface area contributed by atoms with E-state index in [4.69, 9.17) is 9.47 Å². The van der Waals surface area contributed by atoms with Gasteiger partial charge in [0.05, 0.1) is 16.2 Å². The summed E-state index contributed by atoms with van der Waals surface area (Å²) in [6, 6.07) is 9.99. The molecular weight excluding hydrogens is 495 g/mol. The molecule has 11 heteroatoms. The summed E-state index contributed by atoms with van der Waals surface area (Å²) in [6.45, 7) is 7.63. The number of rotatable bonds is 7. The lowest BCUT2D eigenvalue weighted by Crippen LogP contribution is -2.52. The number of nitro groups is 1. The predicted octanol–water partition coefficient (Wildman–Crippen LogP) is 3.80. The second kappa shape index (κ2) is 10.2. The molecule has 3 aliphatic rings. The van der Waals surface area contributed by atoms with Gasteiger partial charge in [-0.3, -0.25) is 29.5 Å². The van der Waals surface area contributed by atoms with Crippen LogP contribution in [0.25, 0.3) is 0 Å². The molecule has 0 radical (unpaired) electrons. The summed E-state index contributed by atoms with van der Waals surface area (Å²) in [6.07, 6.45) is -0.616. The topological polar surface area (TPSA) is 105 Å². The van der Waals surface area contributed by atoms with E-state index in [-0.39, 0.29) is 29.0 Å². The van der Waals surface area contributed by atoms with E-state index < -0.39 is 41.2 Å². The van der Waals surface area contributed by atoms with E-state index in [1.54, 1.807) is 6.92 Å². The molecule has 2 aliphatic heterocycles. The Morgan fingerprint density at radius 2 is 1.74 bits per heavy atom. The molecule has 1 aliphatic carbocycles. The third-order valence-electron chi connectivity index (χ3n) is 7.50. The summed E-state index contributed by atoms with van der Waals surface area (Å²) < 4.78 is 26.5. The zero-order valence-corrected chi connectivity index (χ0v) is 21.7. The van der Waals surface area contributed by atoms with Crippen LogP contribution < -0.4 is 9.80 Å². The number of esters is 2. The Balaban J connectivity index is 1.52. The summed E-state index contributed by atoms with van der Waals surface area (Å²) in [4.78, 5) is 41.4. The molecule has 0 amide bonds. The van der Waals surface area contributed by atoms with Crippen molar-refractivity contribution in [1.82, 2.24) is 4.90 Å². The van der Waals surface area contributed by atoms with Gasteiger partial charge in [-0.25, -0.2) is 4.39 Å². The maximum atomic E-state index is 15.9. The normalized spacial score (nSPS) is 20.7. The van der Waals surface area contributed by atoms with Crippen LogP contribution in [0.5, 0.6) is 0 Å². The number of cyclic esters (lactones) is 2. The summed E-state index contributed by atoms with van der Waals surface area (Å²) in [5.41, 5.74) is 1.44. The minimum atomic E-state index is -1.44. The molecule has 2 saturated heterocycles. The van der Waals surface area contributed by atoms with Crippen LogP contribution >= 0.6 is 0 Å². The molecule has 0 bridgehead atoms. The van der Waals surface area contributed by atoms with Crippen LogP contribution in [0.1, 0.15) is 42.9 Å². The molecule has 2 aromatic rings. The van der Waals surface area contributed by atoms with Crippen molar-refractivity contribution in [2.24, 2.45) is 0 Å². The SMILES string of the molecule is Cc1c(N2CCN(Cc3ccccc3)C(C)C2)c(F)c(C)c([N+](=O)[O-])c1N(C1CC1)C1OC(=O)CC(=O)O1. The Hall–Kier alpha value is -3.73. The highest BCUT2D eigenvalue weighted by Gasteiger charge is 2.46. The van der Waals surface area contributed by atoms with Crippen molar-refractivity contribution < 1.29 is 28.4 Å². The molecule has 5 rings (SSSR count). The average molecular weight is 527 g/mol. The van der Waals surface area contributed by atoms with Gasteiger partial charge in [0, 0.05) is 43.8 Å². The first kappa shape index (κ1) is 25.9. The summed E-state index contributed by atoms with van der Waals surface area (Å²) in [5.74, 6) is -2.17. The van der Waals surface area contributed by atoms with Crippen LogP contribution in [0, 0.1) is 29.8 Å². The first-order valence-electron chi connectivity index (χ1n) is 12.8. The summed E-state index contributed by atoms with van der Waals surface area (Å²) in [5, 5.41) is 12.2. The minimum absolute atomic E-state index is 0.0986. The molecule has 10 nitrogen and oxygen atoms in total. The van der Waals surface area contributed by atoms with Gasteiger partial charge >= 0.3 is 18.4 Å². The average Bonchev–Trinajstić information content (AvgIpc) is 3.69. The van der Waals surface area contributed by atoms with Gasteiger partial charge in [0.2, 0.25) is 0 Å². The van der Waals surface area contributed by atoms with E-state index in [0.717, 1.165) is 6.54 Å². The minimum Gasteiger partial charge on any atom is -0.405 e. The van der Waals surface area contributed by atoms with E-state index in [1.807, 2.05) is 23.1 Å². The third kappa shape index (κ3) is 4.90. The number of nitrogens with zero attached hydrogens (tertiary/aromatic N) is 4. The van der Waals surface area contributed by atoms with Crippen molar-refractivity contribution in [1.29, 1.82) is 0 Å². The number of anilines is 2. The number of carbonyl (C=O) groups is 2. The first-order valence-corrected chi connectivity index (χ1v) is 12.8. The second-order valence-corrected chi connectivity index (χ2v) is 10.2. The quantitative estimate of drug-likeness (QED) is 0.230. The second-order valence-electron chi connectivity index (χ2n) is 10.2. The van der Waals surface area contributed by atoms with Gasteiger partial charge in [-0.2, -0.15) is 0 Å². The highest BCUT2D eigenvalue weighted by atomic mass is 19.1. The van der Waals surface area contributed by atoms with Gasteiger partial charge < -0.3 is 14.4 Å². The molecule has 0 N–H and O–H groups in total. The zero-order valence-electron chi connectivity index (χ0n) is 21.7. The number of hydrogen-bond acceptors (Lipinski definition) is 9. The number of carbonyl (C=O) groups excluding carboxylic acids is 2. The Bertz CT molecular complexity index is 1250. The van der Waals surface area contributed by atoms with Crippen LogP contribution in [0.15, 0.2) is 30.3 Å². The molecule has 0 aromatic heterocycles. The lowest BCUT2D eigenvalue weighted by atomic mass is 10.0. The van der Waals surface area contributed by atoms with Crippen molar-refractivity contribution >= 4 is 29.0 Å². The van der Waals surface area contributed by atoms with Gasteiger partial charge in [-0.05, 0) is 39.2 Å². The number of benzene rings is 2. The molecule has 0 spiro atoms. The maximum Gasteiger partial charge on any atom is 0.332 e. The standard InChI is InChI=1S/C27H31FN4O6/c1-16-14-30(12-11-29(16)15-19-7-5-4-6-8-19)24-18(3)25(26(32(35)36)17(2)23(24)28)31(20-9-10-20)27-37-21(33)13-22(34)38-27/h4-8,16,20,27H,9-15H2,1-3H3. The molecular formula is C27H31FN4O6. The number of nitro benzene ring substituents is 1. The van der Waals surface area contributed by atoms with Crippen LogP contribution in [0.3, 0.4) is 0 Å². The highest BCUT2D eigenvalue weighted by molar-refractivity contribution is 5.93. The van der Waals surface area contributed by atoms with Crippen LogP contribution in [0.4, 0.5) is 21.5 Å². The molecule has 2 heterocycles. The fourth-order valence-corrected chi connectivity index (χ4v) is 5.46. The fourth-order valence-electron chi connectivity index (χ4n) is 5.46. The Labute approximate surface area is 220 Å². The van der Waals surface area contributed by atoms with Crippen LogP contribution in [0.2, 0.25) is 0 Å². The van der Waals surface area contributed by atoms with Crippen molar-refractivity contribution in [2.45, 2.75) is 65.1 Å². The molecule has 38 heavy (non-hydrogen) atoms. The van der Waals surface area contributed by atoms with E-state index >= 15 is 4.39 Å². The van der Waals surface area contributed by atoms with Crippen LogP contribution in [-0.4, -0.2) is 59.9 Å². The molecule has 1 saturated carbocycles. The van der Waals surface area contributed by atoms with E-state index in [0.29, 0.717) is 38.0 Å². The summed E-state index contributed by atoms with van der Waals surface area (Å²) in [7, 11) is 0. The Morgan fingerprint density at radius 1 is 1.08 bits per heavy atom. The zero-order chi connectivity index (χ0) is 27.1. The largest absolute Gasteiger partial charge is 0.405 e. The first-order chi connectivity index (χ1) is 18.2. The van der Waals surface area contributed by atoms with Gasteiger partial charge in [-0.1, -0.05) is 30.3 Å². The number of ether oxygens (including phenoxy) is 2. The lowest BCUT2D eigenvalue weighted by molar-refractivity contribution is -0.385. The number of halogens is 1. The van der Waals surface area contributed by atoms with Gasteiger partial charge in [-0.15, -0.1) is 0 Å². The molecule has 1 unspecified atom stereocenters. The molecule has 3 fully saturated rings. The maximum absolute atomic E-state index is 15.9. The van der Waals surface area contributed by atoms with Crippen molar-refractivity contribution in [3.8, 4) is 0 Å². The molecule has 1 atom stereocenters. The predicted molar refractivity (Wildman–Crippen MR) is 137 cm³/mol. The van der Waals surface area contributed by atoms with Gasteiger partial charge in [0.1, 0.15) is 12.1 Å². The number of hydrogen-bond donors (Lipinski definition) is 0. The van der Waals surface area contributed by atoms with Crippen molar-refractivity contribution in [2.75, 3.05) is 29.4 Å². The Morgan fingerprint density at radius 3 is 2.32 bits per heavy atom. The van der Waals surface area contributed by atoms with Gasteiger partial charge in [0.15, 0.2) is 5.82 Å². The van der Waals surface area contributed by atoms with Crippen molar-refractivity contribution in [3.05, 3.63) is 63.0 Å². The smallest absolute Gasteiger partial charge is 0.332 e. The monoisotopic (exact) mass is 526 g/mol. The van der Waals surface area contributed by atoms with Crippen molar-refractivity contribution in [3.63, 3.8) is 0 Å². The van der Waals surface area contributed by atoms with E-state index in [9.17, 15) is 19.7 Å². The Kier molecular flexibility index (Phi) is 6.95. The van der Waals surface area contributed by atoms with E-state index in [2.05, 4.69) is 24.0 Å². The van der Waals surface area contributed by atoms with Crippen LogP contribution in [-0.2, 0) is 25.6 Å². The number of piperazine rings is 1. The van der Waals surface area contributed by atoms with Gasteiger partial charge in [0.25, 0.3) is 5.69 Å². The highest BCUT2D eigenvalue weighted by Crippen LogP contribution is 2.48. The van der Waals surface area contributed by atoms with E-state index in [1.165, 1.54) is 17.4 Å². The summed E-state index contributed by atoms with van der Waals surface area (Å²) >= 11 is 0. The molecule has 2 aromatic carbocycles. The fraction of sp³-hybridized carbons (Fsp3) is 0.481.